The number of nitrogens with one attached hydrogen (secondary N) is 2. The summed E-state index contributed by atoms with van der Waals surface area (Å²) in [5.41, 5.74) is 0.997. The van der Waals surface area contributed by atoms with Crippen molar-refractivity contribution in [2.24, 2.45) is 0 Å². The minimum Gasteiger partial charge on any atom is -0.360 e. The first-order valence-electron chi connectivity index (χ1n) is 6.38. The number of carbonyl (C=O) groups is 1. The van der Waals surface area contributed by atoms with E-state index in [-0.39, 0.29) is 5.57 Å². The van der Waals surface area contributed by atoms with Crippen molar-refractivity contribution < 1.29 is 4.79 Å². The number of hydrogen-bond donors (Lipinski definition) is 2. The molecule has 2 aromatic carbocycles. The van der Waals surface area contributed by atoms with E-state index in [9.17, 15) is 4.79 Å². The smallest absolute Gasteiger partial charge is 0.267 e. The van der Waals surface area contributed by atoms with Crippen LogP contribution in [0, 0.1) is 11.3 Å². The summed E-state index contributed by atoms with van der Waals surface area (Å²) in [5, 5.41) is 16.0. The lowest BCUT2D eigenvalue weighted by atomic mass is 10.2. The van der Waals surface area contributed by atoms with Crippen molar-refractivity contribution >= 4 is 52.1 Å². The largest absolute Gasteiger partial charge is 0.360 e. The highest BCUT2D eigenvalue weighted by Gasteiger charge is 2.09. The van der Waals surface area contributed by atoms with Gasteiger partial charge in [-0.3, -0.25) is 4.79 Å². The van der Waals surface area contributed by atoms with E-state index in [0.29, 0.717) is 26.4 Å². The molecule has 2 aromatic rings. The van der Waals surface area contributed by atoms with Gasteiger partial charge in [-0.25, -0.2) is 0 Å². The number of hydrogen-bond acceptors (Lipinski definition) is 3. The third-order valence-electron chi connectivity index (χ3n) is 2.71. The van der Waals surface area contributed by atoms with Gasteiger partial charge in [0.15, 0.2) is 0 Å². The summed E-state index contributed by atoms with van der Waals surface area (Å²) in [4.78, 5) is 12.1. The van der Waals surface area contributed by atoms with Crippen LogP contribution in [0.5, 0.6) is 0 Å². The fourth-order valence-electron chi connectivity index (χ4n) is 1.67. The number of rotatable bonds is 4. The summed E-state index contributed by atoms with van der Waals surface area (Å²) in [5.74, 6) is -0.546. The number of amides is 1. The SMILES string of the molecule is N#C/C(=C/Nc1cc(Cl)cc(Cl)c1)C(=O)Nc1ccc(Cl)cc1. The number of carbonyl (C=O) groups excluding carboxylic acids is 1. The van der Waals surface area contributed by atoms with Crippen LogP contribution in [0.1, 0.15) is 0 Å². The van der Waals surface area contributed by atoms with Gasteiger partial charge in [0, 0.05) is 32.6 Å². The van der Waals surface area contributed by atoms with Crippen molar-refractivity contribution in [3.05, 3.63) is 69.3 Å². The molecule has 7 heteroatoms. The second-order valence-electron chi connectivity index (χ2n) is 4.43. The molecule has 4 nitrogen and oxygen atoms in total. The molecule has 0 atom stereocenters. The van der Waals surface area contributed by atoms with Crippen LogP contribution in [-0.2, 0) is 4.79 Å². The molecule has 0 aromatic heterocycles. The molecule has 0 saturated carbocycles. The van der Waals surface area contributed by atoms with Crippen molar-refractivity contribution in [3.8, 4) is 6.07 Å². The predicted molar refractivity (Wildman–Crippen MR) is 93.9 cm³/mol. The van der Waals surface area contributed by atoms with E-state index in [2.05, 4.69) is 10.6 Å². The maximum atomic E-state index is 12.1. The number of nitriles is 1. The topological polar surface area (TPSA) is 64.9 Å². The zero-order valence-corrected chi connectivity index (χ0v) is 13.9. The Kier molecular flexibility index (Phi) is 5.89. The van der Waals surface area contributed by atoms with E-state index in [1.165, 1.54) is 6.20 Å². The molecule has 0 radical (unpaired) electrons. The molecule has 0 bridgehead atoms. The van der Waals surface area contributed by atoms with E-state index >= 15 is 0 Å². The highest BCUT2D eigenvalue weighted by Crippen LogP contribution is 2.22. The summed E-state index contributed by atoms with van der Waals surface area (Å²) in [7, 11) is 0. The molecular formula is C16H10Cl3N3O. The van der Waals surface area contributed by atoms with Gasteiger partial charge in [-0.2, -0.15) is 5.26 Å². The van der Waals surface area contributed by atoms with Gasteiger partial charge in [0.2, 0.25) is 0 Å². The average molecular weight is 367 g/mol. The Morgan fingerprint density at radius 1 is 0.957 bits per heavy atom. The number of benzene rings is 2. The maximum Gasteiger partial charge on any atom is 0.267 e. The van der Waals surface area contributed by atoms with E-state index in [4.69, 9.17) is 40.1 Å². The molecular weight excluding hydrogens is 357 g/mol. The fourth-order valence-corrected chi connectivity index (χ4v) is 2.32. The molecule has 1 amide bonds. The Bertz CT molecular complexity index is 775. The van der Waals surface area contributed by atoms with E-state index in [0.717, 1.165) is 0 Å². The third kappa shape index (κ3) is 5.19. The minimum absolute atomic E-state index is 0.101. The Morgan fingerprint density at radius 2 is 1.57 bits per heavy atom. The van der Waals surface area contributed by atoms with Gasteiger partial charge in [-0.05, 0) is 42.5 Å². The molecule has 0 fully saturated rings. The highest BCUT2D eigenvalue weighted by molar-refractivity contribution is 6.35. The number of nitrogens with zero attached hydrogens (tertiary/aromatic N) is 1. The Labute approximate surface area is 148 Å². The first kappa shape index (κ1) is 17.2. The van der Waals surface area contributed by atoms with Crippen LogP contribution in [-0.4, -0.2) is 5.91 Å². The van der Waals surface area contributed by atoms with Crippen LogP contribution in [0.4, 0.5) is 11.4 Å². The Hall–Kier alpha value is -2.19. The second kappa shape index (κ2) is 7.89. The van der Waals surface area contributed by atoms with Crippen molar-refractivity contribution in [1.29, 1.82) is 5.26 Å². The molecule has 23 heavy (non-hydrogen) atoms. The van der Waals surface area contributed by atoms with E-state index in [1.54, 1.807) is 42.5 Å². The van der Waals surface area contributed by atoms with Crippen molar-refractivity contribution in [1.82, 2.24) is 0 Å². The lowest BCUT2D eigenvalue weighted by Crippen LogP contribution is -2.14. The van der Waals surface area contributed by atoms with Gasteiger partial charge >= 0.3 is 0 Å². The molecule has 0 saturated heterocycles. The Morgan fingerprint density at radius 3 is 2.13 bits per heavy atom. The van der Waals surface area contributed by atoms with Gasteiger partial charge in [0.25, 0.3) is 5.91 Å². The van der Waals surface area contributed by atoms with Crippen LogP contribution >= 0.6 is 34.8 Å². The molecule has 116 valence electrons. The van der Waals surface area contributed by atoms with E-state index < -0.39 is 5.91 Å². The number of anilines is 2. The van der Waals surface area contributed by atoms with Crippen LogP contribution in [0.2, 0.25) is 15.1 Å². The van der Waals surface area contributed by atoms with Gasteiger partial charge in [0.1, 0.15) is 11.6 Å². The van der Waals surface area contributed by atoms with Gasteiger partial charge < -0.3 is 10.6 Å². The molecule has 0 spiro atoms. The summed E-state index contributed by atoms with van der Waals surface area (Å²) in [6.07, 6.45) is 1.28. The van der Waals surface area contributed by atoms with Crippen molar-refractivity contribution in [2.45, 2.75) is 0 Å². The zero-order chi connectivity index (χ0) is 16.8. The van der Waals surface area contributed by atoms with Crippen LogP contribution < -0.4 is 10.6 Å². The second-order valence-corrected chi connectivity index (χ2v) is 5.74. The lowest BCUT2D eigenvalue weighted by molar-refractivity contribution is -0.112. The summed E-state index contributed by atoms with van der Waals surface area (Å²) in [6.45, 7) is 0. The summed E-state index contributed by atoms with van der Waals surface area (Å²) < 4.78 is 0. The van der Waals surface area contributed by atoms with Gasteiger partial charge in [0.05, 0.1) is 0 Å². The van der Waals surface area contributed by atoms with Crippen molar-refractivity contribution in [3.63, 3.8) is 0 Å². The molecule has 0 aliphatic carbocycles. The monoisotopic (exact) mass is 365 g/mol. The first-order chi connectivity index (χ1) is 11.0. The summed E-state index contributed by atoms with van der Waals surface area (Å²) in [6, 6.07) is 13.2. The lowest BCUT2D eigenvalue weighted by Gasteiger charge is -2.06. The maximum absolute atomic E-state index is 12.1. The molecule has 2 N–H and O–H groups in total. The summed E-state index contributed by atoms with van der Waals surface area (Å²) >= 11 is 17.5. The average Bonchev–Trinajstić information content (AvgIpc) is 2.49. The van der Waals surface area contributed by atoms with Crippen LogP contribution in [0.25, 0.3) is 0 Å². The standard InChI is InChI=1S/C16H10Cl3N3O/c17-11-1-3-14(4-2-11)22-16(23)10(8-20)9-21-15-6-12(18)5-13(19)7-15/h1-7,9,21H,(H,22,23)/b10-9-. The van der Waals surface area contributed by atoms with Crippen LogP contribution in [0.3, 0.4) is 0 Å². The van der Waals surface area contributed by atoms with Gasteiger partial charge in [-0.1, -0.05) is 34.8 Å². The molecule has 0 aliphatic rings. The van der Waals surface area contributed by atoms with Crippen molar-refractivity contribution in [2.75, 3.05) is 10.6 Å². The molecule has 0 heterocycles. The predicted octanol–water partition coefficient (Wildman–Crippen LogP) is 5.10. The molecule has 0 unspecified atom stereocenters. The molecule has 0 aliphatic heterocycles. The first-order valence-corrected chi connectivity index (χ1v) is 7.51. The van der Waals surface area contributed by atoms with E-state index in [1.807, 2.05) is 6.07 Å². The minimum atomic E-state index is -0.546. The van der Waals surface area contributed by atoms with Crippen LogP contribution in [0.15, 0.2) is 54.2 Å². The normalized spacial score (nSPS) is 10.8. The highest BCUT2D eigenvalue weighted by atomic mass is 35.5. The third-order valence-corrected chi connectivity index (χ3v) is 3.40. The zero-order valence-electron chi connectivity index (χ0n) is 11.6. The quantitative estimate of drug-likeness (QED) is 0.584. The Balaban J connectivity index is 2.10. The van der Waals surface area contributed by atoms with Gasteiger partial charge in [-0.15, -0.1) is 0 Å². The molecule has 2 rings (SSSR count). The fraction of sp³-hybridized carbons (Fsp3) is 0. The number of halogens is 3.